The van der Waals surface area contributed by atoms with Crippen LogP contribution in [0.5, 0.6) is 0 Å². The van der Waals surface area contributed by atoms with Crippen LogP contribution in [0.3, 0.4) is 0 Å². The predicted octanol–water partition coefficient (Wildman–Crippen LogP) is 1.36. The molecule has 1 heterocycles. The number of aromatic nitrogens is 1. The van der Waals surface area contributed by atoms with Crippen LogP contribution in [-0.4, -0.2) is 13.7 Å². The van der Waals surface area contributed by atoms with Crippen LogP contribution in [0.25, 0.3) is 0 Å². The van der Waals surface area contributed by atoms with Crippen LogP contribution in [0.15, 0.2) is 24.5 Å². The van der Waals surface area contributed by atoms with E-state index in [0.717, 1.165) is 5.56 Å². The van der Waals surface area contributed by atoms with E-state index in [4.69, 9.17) is 4.55 Å². The molecule has 0 amide bonds. The molecule has 1 aromatic rings. The van der Waals surface area contributed by atoms with Gasteiger partial charge in [-0.25, -0.2) is 4.21 Å². The van der Waals surface area contributed by atoms with Gasteiger partial charge in [-0.2, -0.15) is 0 Å². The Morgan fingerprint density at radius 2 is 2.45 bits per heavy atom. The summed E-state index contributed by atoms with van der Waals surface area (Å²) in [7, 11) is 0. The average Bonchev–Trinajstić information content (AvgIpc) is 2.05. The summed E-state index contributed by atoms with van der Waals surface area (Å²) in [5, 5.41) is -0.358. The van der Waals surface area contributed by atoms with Crippen LogP contribution in [0.1, 0.15) is 17.7 Å². The molecule has 0 bridgehead atoms. The van der Waals surface area contributed by atoms with Crippen molar-refractivity contribution in [3.63, 3.8) is 0 Å². The highest BCUT2D eigenvalue weighted by atomic mass is 32.2. The summed E-state index contributed by atoms with van der Waals surface area (Å²) in [5.41, 5.74) is 0.785. The van der Waals surface area contributed by atoms with E-state index in [1.165, 1.54) is 0 Å². The van der Waals surface area contributed by atoms with Crippen LogP contribution in [0.2, 0.25) is 0 Å². The third kappa shape index (κ3) is 2.10. The average molecular weight is 171 g/mol. The van der Waals surface area contributed by atoms with Crippen molar-refractivity contribution >= 4 is 11.1 Å². The van der Waals surface area contributed by atoms with Crippen LogP contribution < -0.4 is 0 Å². The molecule has 3 nitrogen and oxygen atoms in total. The third-order valence-electron chi connectivity index (χ3n) is 1.46. The van der Waals surface area contributed by atoms with Gasteiger partial charge < -0.3 is 4.55 Å². The maximum atomic E-state index is 10.6. The Balaban J connectivity index is 2.85. The number of hydrogen-bond acceptors (Lipinski definition) is 2. The lowest BCUT2D eigenvalue weighted by Gasteiger charge is -2.04. The van der Waals surface area contributed by atoms with E-state index in [1.807, 2.05) is 0 Å². The summed E-state index contributed by atoms with van der Waals surface area (Å²) in [6.07, 6.45) is 3.23. The monoisotopic (exact) mass is 171 g/mol. The van der Waals surface area contributed by atoms with Crippen molar-refractivity contribution in [1.29, 1.82) is 0 Å². The number of hydrogen-bond donors (Lipinski definition) is 1. The quantitative estimate of drug-likeness (QED) is 0.683. The summed E-state index contributed by atoms with van der Waals surface area (Å²) in [5.74, 6) is 0. The molecule has 0 aromatic carbocycles. The molecule has 1 rings (SSSR count). The summed E-state index contributed by atoms with van der Waals surface area (Å²) in [4.78, 5) is 3.84. The minimum Gasteiger partial charge on any atom is -0.306 e. The highest BCUT2D eigenvalue weighted by Gasteiger charge is 2.09. The Morgan fingerprint density at radius 1 is 1.73 bits per heavy atom. The number of pyridine rings is 1. The van der Waals surface area contributed by atoms with Crippen molar-refractivity contribution in [3.05, 3.63) is 30.1 Å². The molecule has 1 N–H and O–H groups in total. The fraction of sp³-hybridized carbons (Fsp3) is 0.286. The van der Waals surface area contributed by atoms with Gasteiger partial charge in [-0.1, -0.05) is 6.07 Å². The predicted molar refractivity (Wildman–Crippen MR) is 43.4 cm³/mol. The van der Waals surface area contributed by atoms with Crippen LogP contribution >= 0.6 is 0 Å². The first kappa shape index (κ1) is 8.36. The van der Waals surface area contributed by atoms with E-state index in [1.54, 1.807) is 31.5 Å². The lowest BCUT2D eigenvalue weighted by Crippen LogP contribution is -2.00. The maximum absolute atomic E-state index is 10.6. The van der Waals surface area contributed by atoms with Gasteiger partial charge in [0.2, 0.25) is 0 Å². The lowest BCUT2D eigenvalue weighted by molar-refractivity contribution is 0.553. The second-order valence-electron chi connectivity index (χ2n) is 2.20. The third-order valence-corrected chi connectivity index (χ3v) is 2.33. The van der Waals surface area contributed by atoms with Crippen molar-refractivity contribution < 1.29 is 8.76 Å². The SMILES string of the molecule is CC(c1cccnc1)S(=O)O. The molecule has 0 radical (unpaired) electrons. The molecule has 4 heteroatoms. The van der Waals surface area contributed by atoms with Crippen molar-refractivity contribution in [3.8, 4) is 0 Å². The molecule has 1 aromatic heterocycles. The van der Waals surface area contributed by atoms with Crippen LogP contribution in [0, 0.1) is 0 Å². The van der Waals surface area contributed by atoms with E-state index >= 15 is 0 Å². The first-order chi connectivity index (χ1) is 5.22. The van der Waals surface area contributed by atoms with E-state index < -0.39 is 11.1 Å². The smallest absolute Gasteiger partial charge is 0.160 e. The molecule has 0 spiro atoms. The summed E-state index contributed by atoms with van der Waals surface area (Å²) in [6.45, 7) is 1.69. The minimum atomic E-state index is -1.80. The molecular weight excluding hydrogens is 162 g/mol. The van der Waals surface area contributed by atoms with Crippen molar-refractivity contribution in [2.24, 2.45) is 0 Å². The van der Waals surface area contributed by atoms with Crippen LogP contribution in [0.4, 0.5) is 0 Å². The van der Waals surface area contributed by atoms with Gasteiger partial charge in [-0.05, 0) is 18.6 Å². The molecule has 11 heavy (non-hydrogen) atoms. The lowest BCUT2D eigenvalue weighted by atomic mass is 10.2. The van der Waals surface area contributed by atoms with Gasteiger partial charge in [0.05, 0.1) is 5.25 Å². The molecule has 0 fully saturated rings. The second kappa shape index (κ2) is 3.59. The topological polar surface area (TPSA) is 50.2 Å². The van der Waals surface area contributed by atoms with Crippen molar-refractivity contribution in [2.45, 2.75) is 12.2 Å². The van der Waals surface area contributed by atoms with E-state index in [-0.39, 0.29) is 5.25 Å². The Morgan fingerprint density at radius 3 is 2.91 bits per heavy atom. The molecule has 0 saturated heterocycles. The highest BCUT2D eigenvalue weighted by Crippen LogP contribution is 2.15. The zero-order chi connectivity index (χ0) is 8.27. The Kier molecular flexibility index (Phi) is 2.73. The molecule has 0 aliphatic heterocycles. The summed E-state index contributed by atoms with van der Waals surface area (Å²) >= 11 is -1.80. The molecule has 0 aliphatic carbocycles. The highest BCUT2D eigenvalue weighted by molar-refractivity contribution is 7.79. The Bertz CT molecular complexity index is 250. The van der Waals surface area contributed by atoms with Gasteiger partial charge in [0.15, 0.2) is 11.1 Å². The van der Waals surface area contributed by atoms with E-state index in [2.05, 4.69) is 4.98 Å². The zero-order valence-electron chi connectivity index (χ0n) is 6.10. The molecule has 2 atom stereocenters. The van der Waals surface area contributed by atoms with Crippen molar-refractivity contribution in [2.75, 3.05) is 0 Å². The number of nitrogens with zero attached hydrogens (tertiary/aromatic N) is 1. The first-order valence-electron chi connectivity index (χ1n) is 3.21. The molecule has 0 saturated carbocycles. The van der Waals surface area contributed by atoms with Gasteiger partial charge in [-0.15, -0.1) is 0 Å². The Hall–Kier alpha value is -0.740. The van der Waals surface area contributed by atoms with Crippen LogP contribution in [-0.2, 0) is 11.1 Å². The van der Waals surface area contributed by atoms with Gasteiger partial charge in [0.25, 0.3) is 0 Å². The molecule has 0 aliphatic rings. The van der Waals surface area contributed by atoms with Crippen molar-refractivity contribution in [1.82, 2.24) is 4.98 Å². The van der Waals surface area contributed by atoms with E-state index in [9.17, 15) is 4.21 Å². The summed E-state index contributed by atoms with van der Waals surface area (Å²) < 4.78 is 19.3. The standard InChI is InChI=1S/C7H9NO2S/c1-6(11(9)10)7-3-2-4-8-5-7/h2-6H,1H3,(H,9,10). The summed E-state index contributed by atoms with van der Waals surface area (Å²) in [6, 6.07) is 3.53. The second-order valence-corrected chi connectivity index (χ2v) is 3.46. The van der Waals surface area contributed by atoms with E-state index in [0.29, 0.717) is 0 Å². The fourth-order valence-electron chi connectivity index (χ4n) is 0.733. The first-order valence-corrected chi connectivity index (χ1v) is 4.38. The largest absolute Gasteiger partial charge is 0.306 e. The molecular formula is C7H9NO2S. The normalized spacial score (nSPS) is 15.8. The van der Waals surface area contributed by atoms with Gasteiger partial charge in [0, 0.05) is 12.4 Å². The molecule has 2 unspecified atom stereocenters. The van der Waals surface area contributed by atoms with Gasteiger partial charge >= 0.3 is 0 Å². The zero-order valence-corrected chi connectivity index (χ0v) is 6.91. The minimum absolute atomic E-state index is 0.358. The maximum Gasteiger partial charge on any atom is 0.160 e. The Labute approximate surface area is 67.8 Å². The van der Waals surface area contributed by atoms with Gasteiger partial charge in [-0.3, -0.25) is 4.98 Å². The fourth-order valence-corrected chi connectivity index (χ4v) is 1.11. The number of rotatable bonds is 2. The molecule has 60 valence electrons. The van der Waals surface area contributed by atoms with Gasteiger partial charge in [0.1, 0.15) is 0 Å².